The Balaban J connectivity index is 2.75. The van der Waals surface area contributed by atoms with Crippen molar-refractivity contribution in [1.82, 2.24) is 10.2 Å². The molecule has 0 radical (unpaired) electrons. The van der Waals surface area contributed by atoms with Crippen molar-refractivity contribution >= 4 is 0 Å². The fourth-order valence-corrected chi connectivity index (χ4v) is 2.68. The molecule has 1 unspecified atom stereocenters. The molecule has 0 aliphatic heterocycles. The van der Waals surface area contributed by atoms with Gasteiger partial charge in [-0.05, 0) is 51.5 Å². The second-order valence-electron chi connectivity index (χ2n) is 5.38. The van der Waals surface area contributed by atoms with Crippen LogP contribution < -0.4 is 5.32 Å². The fraction of sp³-hybridized carbons (Fsp3) is 0.647. The van der Waals surface area contributed by atoms with Crippen LogP contribution in [0.2, 0.25) is 0 Å². The average Bonchev–Trinajstić information content (AvgIpc) is 2.47. The van der Waals surface area contributed by atoms with Crippen LogP contribution in [-0.4, -0.2) is 31.1 Å². The summed E-state index contributed by atoms with van der Waals surface area (Å²) in [6.07, 6.45) is 3.01. The summed E-state index contributed by atoms with van der Waals surface area (Å²) >= 11 is 0. The topological polar surface area (TPSA) is 15.3 Å². The molecule has 0 aliphatic rings. The quantitative estimate of drug-likeness (QED) is 0.699. The van der Waals surface area contributed by atoms with Crippen molar-refractivity contribution in [1.29, 1.82) is 0 Å². The Morgan fingerprint density at radius 1 is 1.05 bits per heavy atom. The van der Waals surface area contributed by atoms with Gasteiger partial charge in [-0.15, -0.1) is 0 Å². The molecular formula is C17H28F2N2. The first-order valence-corrected chi connectivity index (χ1v) is 8.03. The Hall–Kier alpha value is -1.00. The molecule has 0 aromatic heterocycles. The van der Waals surface area contributed by atoms with Crippen LogP contribution in [0.5, 0.6) is 0 Å². The van der Waals surface area contributed by atoms with Crippen LogP contribution in [0.15, 0.2) is 18.2 Å². The highest BCUT2D eigenvalue weighted by atomic mass is 19.2. The van der Waals surface area contributed by atoms with Crippen molar-refractivity contribution < 1.29 is 8.78 Å². The van der Waals surface area contributed by atoms with E-state index in [9.17, 15) is 8.78 Å². The van der Waals surface area contributed by atoms with E-state index in [2.05, 4.69) is 24.1 Å². The summed E-state index contributed by atoms with van der Waals surface area (Å²) in [4.78, 5) is 2.39. The molecule has 0 saturated carbocycles. The molecule has 120 valence electrons. The largest absolute Gasteiger partial charge is 0.310 e. The van der Waals surface area contributed by atoms with Crippen LogP contribution in [0, 0.1) is 11.6 Å². The molecule has 0 amide bonds. The minimum Gasteiger partial charge on any atom is -0.310 e. The molecule has 0 aliphatic carbocycles. The number of nitrogens with zero attached hydrogens (tertiary/aromatic N) is 1. The van der Waals surface area contributed by atoms with Crippen molar-refractivity contribution in [2.24, 2.45) is 0 Å². The van der Waals surface area contributed by atoms with Crippen molar-refractivity contribution in [2.75, 3.05) is 26.2 Å². The summed E-state index contributed by atoms with van der Waals surface area (Å²) in [5.41, 5.74) is 0.435. The van der Waals surface area contributed by atoms with E-state index < -0.39 is 11.6 Å². The Morgan fingerprint density at radius 2 is 1.71 bits per heavy atom. The summed E-state index contributed by atoms with van der Waals surface area (Å²) in [6.45, 7) is 10.1. The smallest absolute Gasteiger partial charge is 0.163 e. The van der Waals surface area contributed by atoms with E-state index in [1.54, 1.807) is 12.1 Å². The second kappa shape index (κ2) is 9.85. The highest BCUT2D eigenvalue weighted by Crippen LogP contribution is 2.22. The summed E-state index contributed by atoms with van der Waals surface area (Å²) < 4.78 is 27.4. The summed E-state index contributed by atoms with van der Waals surface area (Å²) in [7, 11) is 0. The van der Waals surface area contributed by atoms with Crippen molar-refractivity contribution in [2.45, 2.75) is 46.1 Å². The van der Waals surface area contributed by atoms with E-state index in [1.165, 1.54) is 6.07 Å². The average molecular weight is 298 g/mol. The van der Waals surface area contributed by atoms with Gasteiger partial charge < -0.3 is 10.2 Å². The lowest BCUT2D eigenvalue weighted by molar-refractivity contribution is 0.256. The lowest BCUT2D eigenvalue weighted by Gasteiger charge is -2.25. The Morgan fingerprint density at radius 3 is 2.29 bits per heavy atom. The minimum atomic E-state index is -0.769. The van der Waals surface area contributed by atoms with E-state index in [-0.39, 0.29) is 6.04 Å². The Kier molecular flexibility index (Phi) is 8.47. The van der Waals surface area contributed by atoms with Crippen LogP contribution in [0.4, 0.5) is 8.78 Å². The second-order valence-corrected chi connectivity index (χ2v) is 5.38. The van der Waals surface area contributed by atoms with E-state index in [0.717, 1.165) is 45.4 Å². The van der Waals surface area contributed by atoms with Gasteiger partial charge in [0.2, 0.25) is 0 Å². The molecule has 0 spiro atoms. The van der Waals surface area contributed by atoms with Gasteiger partial charge in [-0.3, -0.25) is 0 Å². The standard InChI is InChI=1S/C17H28F2N2/c1-4-11-21(12-5-2)13-10-16(20-6-3)14-8-7-9-15(18)17(14)19/h7-9,16,20H,4-6,10-13H2,1-3H3. The minimum absolute atomic E-state index is 0.137. The summed E-state index contributed by atoms with van der Waals surface area (Å²) in [5, 5.41) is 3.27. The Bertz CT molecular complexity index is 404. The molecule has 21 heavy (non-hydrogen) atoms. The van der Waals surface area contributed by atoms with Crippen molar-refractivity contribution in [3.05, 3.63) is 35.4 Å². The predicted octanol–water partition coefficient (Wildman–Crippen LogP) is 4.13. The molecule has 1 atom stereocenters. The number of hydrogen-bond acceptors (Lipinski definition) is 2. The van der Waals surface area contributed by atoms with E-state index in [1.807, 2.05) is 6.92 Å². The van der Waals surface area contributed by atoms with Gasteiger partial charge in [0.05, 0.1) is 0 Å². The molecule has 4 heteroatoms. The third-order valence-corrected chi connectivity index (χ3v) is 3.62. The van der Waals surface area contributed by atoms with Gasteiger partial charge in [0.15, 0.2) is 11.6 Å². The molecule has 1 aromatic rings. The lowest BCUT2D eigenvalue weighted by Crippen LogP contribution is -2.31. The highest BCUT2D eigenvalue weighted by molar-refractivity contribution is 5.22. The van der Waals surface area contributed by atoms with Crippen LogP contribution in [0.3, 0.4) is 0 Å². The molecule has 0 saturated heterocycles. The maximum absolute atomic E-state index is 14.0. The van der Waals surface area contributed by atoms with Gasteiger partial charge >= 0.3 is 0 Å². The first kappa shape index (κ1) is 18.1. The molecule has 1 rings (SSSR count). The molecule has 1 N–H and O–H groups in total. The van der Waals surface area contributed by atoms with Crippen LogP contribution in [0.1, 0.15) is 51.6 Å². The van der Waals surface area contributed by atoms with Gasteiger partial charge in [-0.1, -0.05) is 32.9 Å². The zero-order valence-corrected chi connectivity index (χ0v) is 13.5. The predicted molar refractivity (Wildman–Crippen MR) is 84.4 cm³/mol. The highest BCUT2D eigenvalue weighted by Gasteiger charge is 2.18. The SMILES string of the molecule is CCCN(CCC)CCC(NCC)c1cccc(F)c1F. The van der Waals surface area contributed by atoms with Crippen molar-refractivity contribution in [3.63, 3.8) is 0 Å². The zero-order chi connectivity index (χ0) is 15.7. The zero-order valence-electron chi connectivity index (χ0n) is 13.5. The molecule has 1 aromatic carbocycles. The molecule has 0 fully saturated rings. The van der Waals surface area contributed by atoms with Gasteiger partial charge in [-0.2, -0.15) is 0 Å². The molecule has 0 heterocycles. The van der Waals surface area contributed by atoms with Gasteiger partial charge in [0.1, 0.15) is 0 Å². The number of benzene rings is 1. The van der Waals surface area contributed by atoms with E-state index >= 15 is 0 Å². The summed E-state index contributed by atoms with van der Waals surface area (Å²) in [6, 6.07) is 4.29. The van der Waals surface area contributed by atoms with Crippen LogP contribution >= 0.6 is 0 Å². The normalized spacial score (nSPS) is 12.9. The third-order valence-electron chi connectivity index (χ3n) is 3.62. The first-order valence-electron chi connectivity index (χ1n) is 8.03. The first-order chi connectivity index (χ1) is 10.1. The molecule has 0 bridgehead atoms. The van der Waals surface area contributed by atoms with Gasteiger partial charge in [0, 0.05) is 11.6 Å². The van der Waals surface area contributed by atoms with Crippen molar-refractivity contribution in [3.8, 4) is 0 Å². The van der Waals surface area contributed by atoms with Crippen LogP contribution in [0.25, 0.3) is 0 Å². The maximum atomic E-state index is 14.0. The number of rotatable bonds is 10. The number of halogens is 2. The monoisotopic (exact) mass is 298 g/mol. The fourth-order valence-electron chi connectivity index (χ4n) is 2.68. The van der Waals surface area contributed by atoms with E-state index in [0.29, 0.717) is 5.56 Å². The van der Waals surface area contributed by atoms with Gasteiger partial charge in [0.25, 0.3) is 0 Å². The summed E-state index contributed by atoms with van der Waals surface area (Å²) in [5.74, 6) is -1.49. The van der Waals surface area contributed by atoms with E-state index in [4.69, 9.17) is 0 Å². The van der Waals surface area contributed by atoms with Gasteiger partial charge in [-0.25, -0.2) is 8.78 Å². The maximum Gasteiger partial charge on any atom is 0.163 e. The third kappa shape index (κ3) is 5.71. The Labute approximate surface area is 127 Å². The van der Waals surface area contributed by atoms with Crippen LogP contribution in [-0.2, 0) is 0 Å². The molecule has 2 nitrogen and oxygen atoms in total. The number of hydrogen-bond donors (Lipinski definition) is 1. The lowest BCUT2D eigenvalue weighted by atomic mass is 10.0. The molecular weight excluding hydrogens is 270 g/mol. The number of nitrogens with one attached hydrogen (secondary N) is 1.